The smallest absolute Gasteiger partial charge is 0.349 e. The van der Waals surface area contributed by atoms with Crippen molar-refractivity contribution in [2.24, 2.45) is 0 Å². The number of ketones is 1. The fourth-order valence-electron chi connectivity index (χ4n) is 1.27. The van der Waals surface area contributed by atoms with Crippen molar-refractivity contribution in [1.29, 1.82) is 0 Å². The summed E-state index contributed by atoms with van der Waals surface area (Å²) in [5.41, 5.74) is -0.702. The number of alkyl halides is 3. The van der Waals surface area contributed by atoms with Crippen molar-refractivity contribution in [3.8, 4) is 0 Å². The molecule has 0 aliphatic rings. The second kappa shape index (κ2) is 5.29. The first kappa shape index (κ1) is 13.7. The minimum Gasteiger partial charge on any atom is -0.349 e. The lowest BCUT2D eigenvalue weighted by Gasteiger charge is -2.12. The Morgan fingerprint density at radius 3 is 1.94 bits per heavy atom. The lowest BCUT2D eigenvalue weighted by atomic mass is 10.1. The van der Waals surface area contributed by atoms with Crippen LogP contribution >= 0.6 is 0 Å². The highest BCUT2D eigenvalue weighted by molar-refractivity contribution is 5.98. The van der Waals surface area contributed by atoms with E-state index in [1.165, 1.54) is 14.2 Å². The number of halogens is 3. The molecule has 0 unspecified atom stereocenters. The van der Waals surface area contributed by atoms with Gasteiger partial charge in [-0.05, 0) is 12.1 Å². The molecule has 1 aromatic carbocycles. The van der Waals surface area contributed by atoms with Crippen LogP contribution in [0.15, 0.2) is 24.3 Å². The Bertz CT molecular complexity index is 380. The second-order valence-corrected chi connectivity index (χ2v) is 3.24. The van der Waals surface area contributed by atoms with E-state index in [1.807, 2.05) is 0 Å². The fourth-order valence-corrected chi connectivity index (χ4v) is 1.27. The summed E-state index contributed by atoms with van der Waals surface area (Å²) in [6.07, 6.45) is -5.52. The van der Waals surface area contributed by atoms with E-state index in [-0.39, 0.29) is 5.56 Å². The zero-order chi connectivity index (χ0) is 13.1. The Morgan fingerprint density at radius 1 is 1.12 bits per heavy atom. The number of carbonyl (C=O) groups is 1. The molecule has 0 bridgehead atoms. The summed E-state index contributed by atoms with van der Waals surface area (Å²) in [6.45, 7) is 0. The molecule has 0 fully saturated rings. The molecule has 0 saturated carbocycles. The molecule has 0 atom stereocenters. The first-order valence-electron chi connectivity index (χ1n) is 4.67. The SMILES string of the molecule is COC(OC)C(=O)c1ccc(C(F)(F)F)cc1. The highest BCUT2D eigenvalue weighted by atomic mass is 19.4. The van der Waals surface area contributed by atoms with E-state index in [4.69, 9.17) is 9.47 Å². The number of hydrogen-bond donors (Lipinski definition) is 0. The summed E-state index contributed by atoms with van der Waals surface area (Å²) in [6, 6.07) is 3.87. The van der Waals surface area contributed by atoms with Crippen molar-refractivity contribution < 1.29 is 27.4 Å². The molecule has 0 saturated heterocycles. The molecule has 0 aliphatic heterocycles. The maximum Gasteiger partial charge on any atom is 0.416 e. The van der Waals surface area contributed by atoms with E-state index in [1.54, 1.807) is 0 Å². The lowest BCUT2D eigenvalue weighted by Crippen LogP contribution is -2.25. The van der Waals surface area contributed by atoms with Gasteiger partial charge in [0.2, 0.25) is 12.1 Å². The normalized spacial score (nSPS) is 11.9. The predicted octanol–water partition coefficient (Wildman–Crippen LogP) is 2.51. The van der Waals surface area contributed by atoms with Crippen LogP contribution in [0.5, 0.6) is 0 Å². The van der Waals surface area contributed by atoms with Crippen LogP contribution in [-0.4, -0.2) is 26.3 Å². The number of ether oxygens (including phenoxy) is 2. The van der Waals surface area contributed by atoms with Gasteiger partial charge in [0.25, 0.3) is 0 Å². The Morgan fingerprint density at radius 2 is 1.59 bits per heavy atom. The predicted molar refractivity (Wildman–Crippen MR) is 53.6 cm³/mol. The minimum absolute atomic E-state index is 0.103. The molecule has 0 spiro atoms. The van der Waals surface area contributed by atoms with Crippen LogP contribution in [0.25, 0.3) is 0 Å². The Labute approximate surface area is 96.1 Å². The van der Waals surface area contributed by atoms with Crippen LogP contribution in [0.1, 0.15) is 15.9 Å². The van der Waals surface area contributed by atoms with Crippen molar-refractivity contribution >= 4 is 5.78 Å². The van der Waals surface area contributed by atoms with E-state index in [2.05, 4.69) is 0 Å². The quantitative estimate of drug-likeness (QED) is 0.606. The van der Waals surface area contributed by atoms with Crippen molar-refractivity contribution in [3.63, 3.8) is 0 Å². The monoisotopic (exact) mass is 248 g/mol. The van der Waals surface area contributed by atoms with E-state index >= 15 is 0 Å². The van der Waals surface area contributed by atoms with Crippen LogP contribution in [0.4, 0.5) is 13.2 Å². The summed E-state index contributed by atoms with van der Waals surface area (Å²) in [4.78, 5) is 11.6. The third-order valence-corrected chi connectivity index (χ3v) is 2.14. The van der Waals surface area contributed by atoms with Gasteiger partial charge in [-0.25, -0.2) is 0 Å². The molecule has 0 radical (unpaired) electrons. The first-order chi connectivity index (χ1) is 7.90. The largest absolute Gasteiger partial charge is 0.416 e. The zero-order valence-corrected chi connectivity index (χ0v) is 9.25. The average Bonchev–Trinajstić information content (AvgIpc) is 2.29. The molecule has 0 aromatic heterocycles. The number of Topliss-reactive ketones (excluding diaryl/α,β-unsaturated/α-hetero) is 1. The minimum atomic E-state index is -4.41. The van der Waals surface area contributed by atoms with Gasteiger partial charge in [0.15, 0.2) is 0 Å². The molecule has 0 aliphatic carbocycles. The highest BCUT2D eigenvalue weighted by Crippen LogP contribution is 2.29. The third kappa shape index (κ3) is 3.28. The fraction of sp³-hybridized carbons (Fsp3) is 0.364. The summed E-state index contributed by atoms with van der Waals surface area (Å²) in [5.74, 6) is -0.524. The first-order valence-corrected chi connectivity index (χ1v) is 4.67. The number of methoxy groups -OCH3 is 2. The lowest BCUT2D eigenvalue weighted by molar-refractivity contribution is -0.137. The average molecular weight is 248 g/mol. The number of hydrogen-bond acceptors (Lipinski definition) is 3. The molecule has 0 amide bonds. The molecule has 1 aromatic rings. The maximum atomic E-state index is 12.3. The van der Waals surface area contributed by atoms with Crippen molar-refractivity contribution in [3.05, 3.63) is 35.4 Å². The maximum absolute atomic E-state index is 12.3. The topological polar surface area (TPSA) is 35.5 Å². The van der Waals surface area contributed by atoms with Gasteiger partial charge in [-0.2, -0.15) is 13.2 Å². The molecular formula is C11H11F3O3. The standard InChI is InChI=1S/C11H11F3O3/c1-16-10(17-2)9(15)7-3-5-8(6-4-7)11(12,13)14/h3-6,10H,1-2H3. The van der Waals surface area contributed by atoms with Crippen molar-refractivity contribution in [2.75, 3.05) is 14.2 Å². The third-order valence-electron chi connectivity index (χ3n) is 2.14. The van der Waals surface area contributed by atoms with Gasteiger partial charge in [-0.3, -0.25) is 4.79 Å². The van der Waals surface area contributed by atoms with Gasteiger partial charge < -0.3 is 9.47 Å². The van der Waals surface area contributed by atoms with Gasteiger partial charge in [0.05, 0.1) is 5.56 Å². The summed E-state index contributed by atoms with van der Waals surface area (Å²) in [7, 11) is 2.55. The summed E-state index contributed by atoms with van der Waals surface area (Å²) in [5, 5.41) is 0. The molecule has 0 heterocycles. The van der Waals surface area contributed by atoms with Crippen LogP contribution in [0.3, 0.4) is 0 Å². The number of carbonyl (C=O) groups excluding carboxylic acids is 1. The zero-order valence-electron chi connectivity index (χ0n) is 9.25. The second-order valence-electron chi connectivity index (χ2n) is 3.24. The van der Waals surface area contributed by atoms with Gasteiger partial charge in [-0.1, -0.05) is 12.1 Å². The molecule has 17 heavy (non-hydrogen) atoms. The molecule has 0 N–H and O–H groups in total. The Hall–Kier alpha value is -1.40. The number of rotatable bonds is 4. The Balaban J connectivity index is 2.91. The van der Waals surface area contributed by atoms with Gasteiger partial charge >= 0.3 is 6.18 Å². The summed E-state index contributed by atoms with van der Waals surface area (Å²) < 4.78 is 46.3. The molecule has 6 heteroatoms. The van der Waals surface area contributed by atoms with E-state index in [0.29, 0.717) is 0 Å². The van der Waals surface area contributed by atoms with E-state index in [0.717, 1.165) is 24.3 Å². The van der Waals surface area contributed by atoms with Gasteiger partial charge in [0.1, 0.15) is 0 Å². The van der Waals surface area contributed by atoms with Gasteiger partial charge in [0, 0.05) is 19.8 Å². The van der Waals surface area contributed by atoms with Crippen LogP contribution < -0.4 is 0 Å². The summed E-state index contributed by atoms with van der Waals surface area (Å²) >= 11 is 0. The van der Waals surface area contributed by atoms with Crippen molar-refractivity contribution in [2.45, 2.75) is 12.5 Å². The molecule has 3 nitrogen and oxygen atoms in total. The Kier molecular flexibility index (Phi) is 4.25. The molecular weight excluding hydrogens is 237 g/mol. The van der Waals surface area contributed by atoms with Crippen LogP contribution in [-0.2, 0) is 15.7 Å². The molecule has 94 valence electrons. The van der Waals surface area contributed by atoms with Crippen LogP contribution in [0.2, 0.25) is 0 Å². The van der Waals surface area contributed by atoms with E-state index < -0.39 is 23.8 Å². The number of benzene rings is 1. The highest BCUT2D eigenvalue weighted by Gasteiger charge is 2.30. The van der Waals surface area contributed by atoms with Gasteiger partial charge in [-0.15, -0.1) is 0 Å². The van der Waals surface area contributed by atoms with E-state index in [9.17, 15) is 18.0 Å². The molecule has 1 rings (SSSR count). The van der Waals surface area contributed by atoms with Crippen molar-refractivity contribution in [1.82, 2.24) is 0 Å². The van der Waals surface area contributed by atoms with Crippen LogP contribution in [0, 0.1) is 0 Å².